The van der Waals surface area contributed by atoms with Gasteiger partial charge in [-0.1, -0.05) is 30.0 Å². The van der Waals surface area contributed by atoms with Gasteiger partial charge in [-0.25, -0.2) is 0 Å². The molecule has 166 valence electrons. The van der Waals surface area contributed by atoms with Gasteiger partial charge >= 0.3 is 0 Å². The number of methoxy groups -OCH3 is 2. The van der Waals surface area contributed by atoms with Crippen LogP contribution in [-0.2, 0) is 9.59 Å². The van der Waals surface area contributed by atoms with Crippen molar-refractivity contribution < 1.29 is 29.1 Å². The third-order valence-corrected chi connectivity index (χ3v) is 5.72. The lowest BCUT2D eigenvalue weighted by atomic mass is 10.2. The van der Waals surface area contributed by atoms with Crippen LogP contribution < -0.4 is 14.8 Å². The predicted molar refractivity (Wildman–Crippen MR) is 123 cm³/mol. The van der Waals surface area contributed by atoms with E-state index in [0.717, 1.165) is 28.8 Å². The van der Waals surface area contributed by atoms with Crippen molar-refractivity contribution in [3.63, 3.8) is 0 Å². The Balaban J connectivity index is 1.72. The number of thiocarbonyl (C=S) groups is 1. The van der Waals surface area contributed by atoms with Gasteiger partial charge in [0.2, 0.25) is 5.91 Å². The number of nitrogens with one attached hydrogen (secondary N) is 1. The second-order valence-corrected chi connectivity index (χ2v) is 8.06. The summed E-state index contributed by atoms with van der Waals surface area (Å²) in [4.78, 5) is 36.7. The number of benzene rings is 2. The highest BCUT2D eigenvalue weighted by Crippen LogP contribution is 2.35. The Morgan fingerprint density at radius 2 is 1.97 bits per heavy atom. The van der Waals surface area contributed by atoms with Crippen molar-refractivity contribution in [2.75, 3.05) is 26.1 Å². The lowest BCUT2D eigenvalue weighted by Gasteiger charge is -2.14. The number of hydrogen-bond acceptors (Lipinski definition) is 9. The van der Waals surface area contributed by atoms with Crippen LogP contribution in [0.15, 0.2) is 41.3 Å². The number of phenols is 1. The van der Waals surface area contributed by atoms with E-state index in [1.54, 1.807) is 24.3 Å². The molecule has 2 N–H and O–H groups in total. The van der Waals surface area contributed by atoms with Gasteiger partial charge < -0.3 is 19.9 Å². The topological polar surface area (TPSA) is 131 Å². The van der Waals surface area contributed by atoms with Crippen molar-refractivity contribution >= 4 is 57.6 Å². The monoisotopic (exact) mass is 475 g/mol. The van der Waals surface area contributed by atoms with Gasteiger partial charge in [-0.3, -0.25) is 24.6 Å². The van der Waals surface area contributed by atoms with Crippen LogP contribution in [0.1, 0.15) is 5.56 Å². The van der Waals surface area contributed by atoms with Crippen LogP contribution in [0.4, 0.5) is 11.4 Å². The molecule has 2 aromatic carbocycles. The van der Waals surface area contributed by atoms with Gasteiger partial charge in [0.1, 0.15) is 16.6 Å². The van der Waals surface area contributed by atoms with Crippen molar-refractivity contribution in [1.29, 1.82) is 0 Å². The Morgan fingerprint density at radius 3 is 2.59 bits per heavy atom. The van der Waals surface area contributed by atoms with Crippen LogP contribution in [0.25, 0.3) is 6.08 Å². The third-order valence-electron chi connectivity index (χ3n) is 4.35. The highest BCUT2D eigenvalue weighted by atomic mass is 32.2. The smallest absolute Gasteiger partial charge is 0.273 e. The number of ether oxygens (including phenoxy) is 2. The number of nitro groups is 1. The average Bonchev–Trinajstić information content (AvgIpc) is 3.02. The molecule has 1 fully saturated rings. The maximum atomic E-state index is 12.8. The minimum atomic E-state index is -0.670. The summed E-state index contributed by atoms with van der Waals surface area (Å²) in [5.41, 5.74) is 0.341. The molecule has 0 unspecified atom stereocenters. The highest BCUT2D eigenvalue weighted by Gasteiger charge is 2.33. The molecule has 1 aliphatic rings. The number of non-ortho nitro benzene ring substituents is 1. The van der Waals surface area contributed by atoms with Gasteiger partial charge in [0.05, 0.1) is 35.8 Å². The lowest BCUT2D eigenvalue weighted by molar-refractivity contribution is -0.384. The molecule has 0 saturated carbocycles. The molecular formula is C20H17N3O7S2. The van der Waals surface area contributed by atoms with Crippen molar-refractivity contribution in [2.45, 2.75) is 0 Å². The van der Waals surface area contributed by atoms with Gasteiger partial charge in [0.25, 0.3) is 11.6 Å². The largest absolute Gasteiger partial charge is 0.506 e. The van der Waals surface area contributed by atoms with Crippen molar-refractivity contribution in [2.24, 2.45) is 0 Å². The Labute approximate surface area is 192 Å². The van der Waals surface area contributed by atoms with E-state index >= 15 is 0 Å². The summed E-state index contributed by atoms with van der Waals surface area (Å²) >= 11 is 6.28. The predicted octanol–water partition coefficient (Wildman–Crippen LogP) is 3.16. The Kier molecular flexibility index (Phi) is 6.95. The molecule has 1 saturated heterocycles. The minimum absolute atomic E-state index is 0.0214. The van der Waals surface area contributed by atoms with E-state index in [2.05, 4.69) is 5.32 Å². The first-order valence-corrected chi connectivity index (χ1v) is 10.2. The maximum Gasteiger partial charge on any atom is 0.273 e. The number of thioether (sulfide) groups is 1. The highest BCUT2D eigenvalue weighted by molar-refractivity contribution is 8.26. The molecule has 1 aliphatic heterocycles. The van der Waals surface area contributed by atoms with Crippen LogP contribution in [-0.4, -0.2) is 51.8 Å². The van der Waals surface area contributed by atoms with E-state index in [-0.39, 0.29) is 22.2 Å². The summed E-state index contributed by atoms with van der Waals surface area (Å²) in [6.07, 6.45) is 1.63. The molecule has 2 amide bonds. The Morgan fingerprint density at radius 1 is 1.25 bits per heavy atom. The maximum absolute atomic E-state index is 12.8. The van der Waals surface area contributed by atoms with E-state index in [1.807, 2.05) is 0 Å². The van der Waals surface area contributed by atoms with Crippen LogP contribution in [0, 0.1) is 10.1 Å². The molecule has 0 atom stereocenters. The van der Waals surface area contributed by atoms with E-state index < -0.39 is 22.5 Å². The first kappa shape index (κ1) is 23.0. The normalized spacial score (nSPS) is 14.6. The van der Waals surface area contributed by atoms with Gasteiger partial charge in [-0.05, 0) is 29.8 Å². The van der Waals surface area contributed by atoms with Crippen LogP contribution >= 0.6 is 24.0 Å². The molecule has 0 aromatic heterocycles. The van der Waals surface area contributed by atoms with Crippen molar-refractivity contribution in [3.8, 4) is 17.2 Å². The summed E-state index contributed by atoms with van der Waals surface area (Å²) in [5, 5.41) is 23.0. The van der Waals surface area contributed by atoms with Crippen LogP contribution in [0.3, 0.4) is 0 Å². The van der Waals surface area contributed by atoms with Gasteiger partial charge in [0, 0.05) is 6.07 Å². The summed E-state index contributed by atoms with van der Waals surface area (Å²) in [7, 11) is 3.02. The number of carbonyl (C=O) groups is 2. The van der Waals surface area contributed by atoms with Crippen molar-refractivity contribution in [3.05, 3.63) is 57.0 Å². The van der Waals surface area contributed by atoms with Gasteiger partial charge in [-0.2, -0.15) is 0 Å². The number of phenolic OH excluding ortho intramolecular Hbond substituents is 1. The molecule has 0 spiro atoms. The Hall–Kier alpha value is -3.64. The number of nitro benzene ring substituents is 1. The molecular weight excluding hydrogens is 458 g/mol. The number of amides is 2. The average molecular weight is 476 g/mol. The van der Waals surface area contributed by atoms with Crippen LogP contribution in [0.5, 0.6) is 17.2 Å². The van der Waals surface area contributed by atoms with Gasteiger partial charge in [0.15, 0.2) is 11.5 Å². The Bertz CT molecular complexity index is 1150. The second kappa shape index (κ2) is 9.66. The van der Waals surface area contributed by atoms with Crippen LogP contribution in [0.2, 0.25) is 0 Å². The van der Waals surface area contributed by atoms with Gasteiger partial charge in [-0.15, -0.1) is 0 Å². The third kappa shape index (κ3) is 4.98. The molecule has 32 heavy (non-hydrogen) atoms. The molecule has 1 heterocycles. The number of hydrogen-bond donors (Lipinski definition) is 2. The number of nitrogens with zero attached hydrogens (tertiary/aromatic N) is 2. The van der Waals surface area contributed by atoms with E-state index in [9.17, 15) is 24.8 Å². The number of rotatable bonds is 7. The number of anilines is 1. The second-order valence-electron chi connectivity index (χ2n) is 6.39. The molecule has 12 heteroatoms. The van der Waals surface area contributed by atoms with Crippen molar-refractivity contribution in [1.82, 2.24) is 4.90 Å². The van der Waals surface area contributed by atoms with E-state index in [4.69, 9.17) is 21.7 Å². The zero-order chi connectivity index (χ0) is 23.4. The quantitative estimate of drug-likeness (QED) is 0.204. The lowest BCUT2D eigenvalue weighted by Crippen LogP contribution is -2.36. The molecule has 0 bridgehead atoms. The summed E-state index contributed by atoms with van der Waals surface area (Å²) in [6, 6.07) is 8.41. The number of aromatic hydroxyl groups is 1. The SMILES string of the molecule is COc1ccc(/C=C2\SC(=S)N(CC(=O)Nc3ccc([N+](=O)[O-])cc3O)C2=O)cc1OC. The fourth-order valence-corrected chi connectivity index (χ4v) is 4.06. The number of carbonyl (C=O) groups excluding carboxylic acids is 2. The zero-order valence-electron chi connectivity index (χ0n) is 16.9. The molecule has 3 rings (SSSR count). The molecule has 2 aromatic rings. The van der Waals surface area contributed by atoms with E-state index in [0.29, 0.717) is 22.0 Å². The zero-order valence-corrected chi connectivity index (χ0v) is 18.5. The molecule has 0 aliphatic carbocycles. The fraction of sp³-hybridized carbons (Fsp3) is 0.150. The summed E-state index contributed by atoms with van der Waals surface area (Å²) in [6.45, 7) is -0.385. The fourth-order valence-electron chi connectivity index (χ4n) is 2.80. The molecule has 10 nitrogen and oxygen atoms in total. The molecule has 0 radical (unpaired) electrons. The first-order valence-electron chi connectivity index (χ1n) is 8.98. The summed E-state index contributed by atoms with van der Waals surface area (Å²) in [5.74, 6) is -0.496. The first-order chi connectivity index (χ1) is 15.2. The minimum Gasteiger partial charge on any atom is -0.506 e. The standard InChI is InChI=1S/C20H17N3O7S2/c1-29-15-6-3-11(7-16(15)30-2)8-17-19(26)22(20(31)32-17)10-18(25)21-13-5-4-12(23(27)28)9-14(13)24/h3-9,24H,10H2,1-2H3,(H,21,25)/b17-8-. The summed E-state index contributed by atoms with van der Waals surface area (Å²) < 4.78 is 10.6. The van der Waals surface area contributed by atoms with E-state index in [1.165, 1.54) is 20.3 Å².